The fraction of sp³-hybridized carbons (Fsp3) is 0.0909. The van der Waals surface area contributed by atoms with E-state index in [0.717, 1.165) is 0 Å². The van der Waals surface area contributed by atoms with Crippen molar-refractivity contribution >= 4 is 28.6 Å². The van der Waals surface area contributed by atoms with Crippen LogP contribution in [-0.2, 0) is 0 Å². The maximum absolute atomic E-state index is 11.8. The van der Waals surface area contributed by atoms with E-state index in [-0.39, 0.29) is 5.91 Å². The van der Waals surface area contributed by atoms with Crippen LogP contribution in [0.4, 0.5) is 11.4 Å². The monoisotopic (exact) mass is 249 g/mol. The van der Waals surface area contributed by atoms with Gasteiger partial charge in [-0.2, -0.15) is 0 Å². The van der Waals surface area contributed by atoms with Crippen molar-refractivity contribution in [3.8, 4) is 5.75 Å². The first kappa shape index (κ1) is 11.4. The lowest BCUT2D eigenvalue weighted by molar-refractivity contribution is 0.103. The zero-order valence-corrected chi connectivity index (χ0v) is 9.95. The molecule has 0 aliphatic heterocycles. The number of carbonyl (C=O) groups is 1. The summed E-state index contributed by atoms with van der Waals surface area (Å²) in [7, 11) is 1.52. The molecular formula is C11H11N3O2S. The molecule has 17 heavy (non-hydrogen) atoms. The van der Waals surface area contributed by atoms with Gasteiger partial charge in [-0.3, -0.25) is 9.78 Å². The molecule has 0 unspecified atom stereocenters. The molecule has 0 radical (unpaired) electrons. The maximum atomic E-state index is 11.8. The van der Waals surface area contributed by atoms with Crippen molar-refractivity contribution in [2.75, 3.05) is 18.2 Å². The fourth-order valence-corrected chi connectivity index (χ4v) is 1.84. The highest BCUT2D eigenvalue weighted by Crippen LogP contribution is 2.27. The van der Waals surface area contributed by atoms with Crippen molar-refractivity contribution in [3.05, 3.63) is 34.8 Å². The largest absolute Gasteiger partial charge is 0.494 e. The number of amides is 1. The van der Waals surface area contributed by atoms with Crippen LogP contribution in [0.15, 0.2) is 29.9 Å². The Balaban J connectivity index is 2.21. The molecule has 0 aliphatic rings. The minimum atomic E-state index is -0.212. The van der Waals surface area contributed by atoms with Gasteiger partial charge in [0.2, 0.25) is 0 Å². The van der Waals surface area contributed by atoms with Crippen molar-refractivity contribution in [1.82, 2.24) is 4.98 Å². The topological polar surface area (TPSA) is 77.2 Å². The molecule has 0 saturated heterocycles. The molecule has 0 saturated carbocycles. The average Bonchev–Trinajstić information content (AvgIpc) is 2.85. The van der Waals surface area contributed by atoms with Crippen LogP contribution in [-0.4, -0.2) is 18.0 Å². The lowest BCUT2D eigenvalue weighted by Crippen LogP contribution is -2.11. The second-order valence-electron chi connectivity index (χ2n) is 3.28. The molecule has 0 fully saturated rings. The predicted molar refractivity (Wildman–Crippen MR) is 67.5 cm³/mol. The number of nitrogens with one attached hydrogen (secondary N) is 1. The predicted octanol–water partition coefficient (Wildman–Crippen LogP) is 1.99. The first-order valence-electron chi connectivity index (χ1n) is 4.84. The van der Waals surface area contributed by atoms with Crippen molar-refractivity contribution in [1.29, 1.82) is 0 Å². The molecule has 5 nitrogen and oxygen atoms in total. The second kappa shape index (κ2) is 4.84. The molecule has 1 aromatic heterocycles. The molecule has 0 spiro atoms. The lowest BCUT2D eigenvalue weighted by Gasteiger charge is -2.09. The number of nitrogen functional groups attached to an aromatic ring is 1. The summed E-state index contributed by atoms with van der Waals surface area (Å²) in [5.41, 5.74) is 8.40. The van der Waals surface area contributed by atoms with Gasteiger partial charge in [-0.15, -0.1) is 11.3 Å². The van der Waals surface area contributed by atoms with Gasteiger partial charge in [-0.25, -0.2) is 0 Å². The van der Waals surface area contributed by atoms with Crippen molar-refractivity contribution in [3.63, 3.8) is 0 Å². The standard InChI is InChI=1S/C11H11N3O2S/c1-16-9-4-7(12)2-3-8(9)14-11(15)10-5-13-6-17-10/h2-6H,12H2,1H3,(H,14,15). The van der Waals surface area contributed by atoms with E-state index >= 15 is 0 Å². The number of carbonyl (C=O) groups excluding carboxylic acids is 1. The van der Waals surface area contributed by atoms with Gasteiger partial charge >= 0.3 is 0 Å². The number of nitrogens with two attached hydrogens (primary N) is 1. The summed E-state index contributed by atoms with van der Waals surface area (Å²) in [6.07, 6.45) is 1.52. The number of ether oxygens (including phenoxy) is 1. The molecule has 6 heteroatoms. The number of nitrogens with zero attached hydrogens (tertiary/aromatic N) is 1. The van der Waals surface area contributed by atoms with Gasteiger partial charge in [0.05, 0.1) is 24.5 Å². The van der Waals surface area contributed by atoms with Crippen LogP contribution < -0.4 is 15.8 Å². The highest BCUT2D eigenvalue weighted by atomic mass is 32.1. The fourth-order valence-electron chi connectivity index (χ4n) is 1.32. The van der Waals surface area contributed by atoms with Gasteiger partial charge in [-0.05, 0) is 12.1 Å². The highest BCUT2D eigenvalue weighted by molar-refractivity contribution is 7.11. The third kappa shape index (κ3) is 2.54. The molecule has 0 bridgehead atoms. The van der Waals surface area contributed by atoms with E-state index in [9.17, 15) is 4.79 Å². The second-order valence-corrected chi connectivity index (χ2v) is 4.17. The Bertz CT molecular complexity index is 526. The normalized spacial score (nSPS) is 9.94. The highest BCUT2D eigenvalue weighted by Gasteiger charge is 2.10. The van der Waals surface area contributed by atoms with Crippen molar-refractivity contribution in [2.45, 2.75) is 0 Å². The van der Waals surface area contributed by atoms with Crippen LogP contribution >= 0.6 is 11.3 Å². The summed E-state index contributed by atoms with van der Waals surface area (Å²) < 4.78 is 5.14. The lowest BCUT2D eigenvalue weighted by atomic mass is 10.2. The number of aromatic nitrogens is 1. The molecule has 1 amide bonds. The number of benzene rings is 1. The zero-order chi connectivity index (χ0) is 12.3. The summed E-state index contributed by atoms with van der Waals surface area (Å²) in [5, 5.41) is 2.74. The van der Waals surface area contributed by atoms with Gasteiger partial charge in [0.1, 0.15) is 10.6 Å². The van der Waals surface area contributed by atoms with Gasteiger partial charge in [0.25, 0.3) is 5.91 Å². The third-order valence-corrected chi connectivity index (χ3v) is 2.90. The maximum Gasteiger partial charge on any atom is 0.267 e. The average molecular weight is 249 g/mol. The van der Waals surface area contributed by atoms with Crippen LogP contribution in [0, 0.1) is 0 Å². The molecule has 88 valence electrons. The smallest absolute Gasteiger partial charge is 0.267 e. The number of anilines is 2. The van der Waals surface area contributed by atoms with Gasteiger partial charge in [-0.1, -0.05) is 0 Å². The van der Waals surface area contributed by atoms with Crippen molar-refractivity contribution in [2.24, 2.45) is 0 Å². The number of hydrogen-bond donors (Lipinski definition) is 2. The molecule has 2 aromatic rings. The van der Waals surface area contributed by atoms with Gasteiger partial charge in [0.15, 0.2) is 0 Å². The molecule has 2 rings (SSSR count). The Morgan fingerprint density at radius 3 is 3.00 bits per heavy atom. The third-order valence-electron chi connectivity index (χ3n) is 2.13. The van der Waals surface area contributed by atoms with E-state index in [1.807, 2.05) is 0 Å². The minimum absolute atomic E-state index is 0.212. The quantitative estimate of drug-likeness (QED) is 0.815. The Morgan fingerprint density at radius 1 is 1.53 bits per heavy atom. The Kier molecular flexibility index (Phi) is 3.24. The van der Waals surface area contributed by atoms with E-state index in [1.54, 1.807) is 23.7 Å². The number of rotatable bonds is 3. The number of thiazole rings is 1. The van der Waals surface area contributed by atoms with Crippen LogP contribution in [0.5, 0.6) is 5.75 Å². The van der Waals surface area contributed by atoms with E-state index in [4.69, 9.17) is 10.5 Å². The van der Waals surface area contributed by atoms with Crippen LogP contribution in [0.25, 0.3) is 0 Å². The summed E-state index contributed by atoms with van der Waals surface area (Å²) in [5.74, 6) is 0.318. The first-order valence-corrected chi connectivity index (χ1v) is 5.72. The Morgan fingerprint density at radius 2 is 2.35 bits per heavy atom. The SMILES string of the molecule is COc1cc(N)ccc1NC(=O)c1cncs1. The molecular weight excluding hydrogens is 238 g/mol. The Hall–Kier alpha value is -2.08. The molecule has 0 aliphatic carbocycles. The van der Waals surface area contributed by atoms with Crippen LogP contribution in [0.3, 0.4) is 0 Å². The van der Waals surface area contributed by atoms with Crippen LogP contribution in [0.2, 0.25) is 0 Å². The molecule has 1 aromatic carbocycles. The summed E-state index contributed by atoms with van der Waals surface area (Å²) in [4.78, 5) is 16.2. The zero-order valence-electron chi connectivity index (χ0n) is 9.14. The molecule has 0 atom stereocenters. The molecule has 3 N–H and O–H groups in total. The summed E-state index contributed by atoms with van der Waals surface area (Å²) in [6.45, 7) is 0. The van der Waals surface area contributed by atoms with Crippen molar-refractivity contribution < 1.29 is 9.53 Å². The van der Waals surface area contributed by atoms with Gasteiger partial charge < -0.3 is 15.8 Å². The van der Waals surface area contributed by atoms with Crippen LogP contribution in [0.1, 0.15) is 9.67 Å². The van der Waals surface area contributed by atoms with E-state index in [2.05, 4.69) is 10.3 Å². The van der Waals surface area contributed by atoms with E-state index in [1.165, 1.54) is 24.6 Å². The minimum Gasteiger partial charge on any atom is -0.494 e. The molecule has 1 heterocycles. The Labute approximate surface area is 102 Å². The summed E-state index contributed by atoms with van der Waals surface area (Å²) >= 11 is 1.28. The number of hydrogen-bond acceptors (Lipinski definition) is 5. The first-order chi connectivity index (χ1) is 8.20. The van der Waals surface area contributed by atoms with E-state index in [0.29, 0.717) is 22.0 Å². The summed E-state index contributed by atoms with van der Waals surface area (Å²) in [6, 6.07) is 5.06. The number of methoxy groups -OCH3 is 1. The van der Waals surface area contributed by atoms with E-state index < -0.39 is 0 Å². The van der Waals surface area contributed by atoms with Gasteiger partial charge in [0, 0.05) is 11.8 Å².